The summed E-state index contributed by atoms with van der Waals surface area (Å²) in [6.45, 7) is 3.65. The third kappa shape index (κ3) is 3.93. The number of aliphatic hydroxyl groups is 1. The number of anilines is 1. The summed E-state index contributed by atoms with van der Waals surface area (Å²) in [6.07, 6.45) is -0.565. The number of aliphatic hydroxyl groups excluding tert-OH is 1. The van der Waals surface area contributed by atoms with Crippen LogP contribution in [0.3, 0.4) is 0 Å². The van der Waals surface area contributed by atoms with Crippen molar-refractivity contribution in [2.45, 2.75) is 20.0 Å². The number of benzene rings is 2. The third-order valence-electron chi connectivity index (χ3n) is 3.17. The lowest BCUT2D eigenvalue weighted by atomic mass is 10.1. The maximum absolute atomic E-state index is 12.3. The number of rotatable bonds is 3. The summed E-state index contributed by atoms with van der Waals surface area (Å²) < 4.78 is 1.75. The van der Waals surface area contributed by atoms with Gasteiger partial charge in [-0.25, -0.2) is 0 Å². The first-order valence-electron chi connectivity index (χ1n) is 6.43. The Balaban J connectivity index is 2.24. The molecule has 0 radical (unpaired) electrons. The average Bonchev–Trinajstić information content (AvgIpc) is 2.44. The van der Waals surface area contributed by atoms with Crippen LogP contribution in [0.1, 0.15) is 34.5 Å². The van der Waals surface area contributed by atoms with E-state index in [0.717, 1.165) is 20.1 Å². The zero-order chi connectivity index (χ0) is 15.6. The number of carbonyl (C=O) groups excluding carboxylic acids is 1. The average molecular weight is 413 g/mol. The molecule has 0 bridgehead atoms. The lowest BCUT2D eigenvalue weighted by Crippen LogP contribution is -2.12. The van der Waals surface area contributed by atoms with Gasteiger partial charge in [-0.2, -0.15) is 0 Å². The lowest BCUT2D eigenvalue weighted by molar-refractivity contribution is 0.102. The first-order chi connectivity index (χ1) is 9.88. The monoisotopic (exact) mass is 411 g/mol. The molecule has 2 aromatic carbocycles. The molecule has 0 aliphatic rings. The van der Waals surface area contributed by atoms with E-state index in [2.05, 4.69) is 37.2 Å². The number of hydrogen-bond acceptors (Lipinski definition) is 2. The molecule has 0 aliphatic heterocycles. The summed E-state index contributed by atoms with van der Waals surface area (Å²) >= 11 is 6.88. The molecule has 3 nitrogen and oxygen atoms in total. The van der Waals surface area contributed by atoms with Crippen LogP contribution in [-0.4, -0.2) is 11.0 Å². The van der Waals surface area contributed by atoms with E-state index in [1.165, 1.54) is 0 Å². The molecular formula is C16H15Br2NO2. The highest BCUT2D eigenvalue weighted by molar-refractivity contribution is 9.11. The van der Waals surface area contributed by atoms with Crippen LogP contribution in [0.2, 0.25) is 0 Å². The Labute approximate surface area is 140 Å². The number of carbonyl (C=O) groups is 1. The van der Waals surface area contributed by atoms with Crippen LogP contribution >= 0.6 is 31.9 Å². The van der Waals surface area contributed by atoms with Crippen LogP contribution in [0.25, 0.3) is 0 Å². The van der Waals surface area contributed by atoms with E-state index < -0.39 is 6.10 Å². The molecule has 1 unspecified atom stereocenters. The standard InChI is InChI=1S/C16H15Br2NO2/c1-9-14(17)7-12(8-15(9)18)16(21)19-13-5-3-4-11(6-13)10(2)20/h3-8,10,20H,1-2H3,(H,19,21). The van der Waals surface area contributed by atoms with E-state index in [-0.39, 0.29) is 5.91 Å². The highest BCUT2D eigenvalue weighted by atomic mass is 79.9. The van der Waals surface area contributed by atoms with Crippen molar-refractivity contribution in [1.82, 2.24) is 0 Å². The minimum Gasteiger partial charge on any atom is -0.389 e. The Morgan fingerprint density at radius 1 is 1.19 bits per heavy atom. The van der Waals surface area contributed by atoms with Gasteiger partial charge in [-0.05, 0) is 49.2 Å². The molecule has 0 fully saturated rings. The number of amides is 1. The molecule has 5 heteroatoms. The second-order valence-corrected chi connectivity index (χ2v) is 6.53. The molecule has 0 aliphatic carbocycles. The highest BCUT2D eigenvalue weighted by Crippen LogP contribution is 2.27. The first kappa shape index (κ1) is 16.2. The van der Waals surface area contributed by atoms with Gasteiger partial charge >= 0.3 is 0 Å². The topological polar surface area (TPSA) is 49.3 Å². The lowest BCUT2D eigenvalue weighted by Gasteiger charge is -2.10. The summed E-state index contributed by atoms with van der Waals surface area (Å²) in [5.41, 5.74) is 3.02. The molecule has 1 amide bonds. The molecular weight excluding hydrogens is 398 g/mol. The van der Waals surface area contributed by atoms with Crippen LogP contribution in [-0.2, 0) is 0 Å². The fourth-order valence-electron chi connectivity index (χ4n) is 1.86. The fourth-order valence-corrected chi connectivity index (χ4v) is 3.04. The van der Waals surface area contributed by atoms with Crippen LogP contribution in [0.5, 0.6) is 0 Å². The fraction of sp³-hybridized carbons (Fsp3) is 0.188. The van der Waals surface area contributed by atoms with E-state index in [1.807, 2.05) is 13.0 Å². The van der Waals surface area contributed by atoms with Gasteiger partial charge in [0.05, 0.1) is 6.10 Å². The van der Waals surface area contributed by atoms with Gasteiger partial charge in [0.2, 0.25) is 0 Å². The molecule has 0 saturated heterocycles. The van der Waals surface area contributed by atoms with E-state index in [4.69, 9.17) is 0 Å². The summed E-state index contributed by atoms with van der Waals surface area (Å²) in [6, 6.07) is 10.8. The van der Waals surface area contributed by atoms with Crippen molar-refractivity contribution < 1.29 is 9.90 Å². The Morgan fingerprint density at radius 3 is 2.38 bits per heavy atom. The zero-order valence-corrected chi connectivity index (χ0v) is 14.8. The number of nitrogens with one attached hydrogen (secondary N) is 1. The molecule has 110 valence electrons. The summed E-state index contributed by atoms with van der Waals surface area (Å²) in [5, 5.41) is 12.4. The highest BCUT2D eigenvalue weighted by Gasteiger charge is 2.11. The molecule has 1 atom stereocenters. The van der Waals surface area contributed by atoms with Gasteiger partial charge in [-0.3, -0.25) is 4.79 Å². The number of hydrogen-bond donors (Lipinski definition) is 2. The van der Waals surface area contributed by atoms with E-state index in [9.17, 15) is 9.90 Å². The van der Waals surface area contributed by atoms with Crippen molar-refractivity contribution in [2.75, 3.05) is 5.32 Å². The molecule has 0 aromatic heterocycles. The van der Waals surface area contributed by atoms with Crippen LogP contribution in [0, 0.1) is 6.92 Å². The molecule has 0 heterocycles. The normalized spacial score (nSPS) is 12.0. The third-order valence-corrected chi connectivity index (χ3v) is 4.82. The maximum atomic E-state index is 12.3. The molecule has 2 aromatic rings. The van der Waals surface area contributed by atoms with Gasteiger partial charge < -0.3 is 10.4 Å². The second kappa shape index (κ2) is 6.73. The summed E-state index contributed by atoms with van der Waals surface area (Å²) in [4.78, 5) is 12.3. The second-order valence-electron chi connectivity index (χ2n) is 4.82. The molecule has 0 saturated carbocycles. The smallest absolute Gasteiger partial charge is 0.255 e. The van der Waals surface area contributed by atoms with Gasteiger partial charge in [0.15, 0.2) is 0 Å². The minimum atomic E-state index is -0.565. The van der Waals surface area contributed by atoms with Crippen LogP contribution in [0.4, 0.5) is 5.69 Å². The Bertz CT molecular complexity index is 661. The van der Waals surface area contributed by atoms with Crippen molar-refractivity contribution in [1.29, 1.82) is 0 Å². The zero-order valence-electron chi connectivity index (χ0n) is 11.7. The first-order valence-corrected chi connectivity index (χ1v) is 8.02. The summed E-state index contributed by atoms with van der Waals surface area (Å²) in [7, 11) is 0. The molecule has 2 rings (SSSR count). The predicted molar refractivity (Wildman–Crippen MR) is 91.6 cm³/mol. The van der Waals surface area contributed by atoms with Crippen molar-refractivity contribution in [3.8, 4) is 0 Å². The van der Waals surface area contributed by atoms with E-state index >= 15 is 0 Å². The van der Waals surface area contributed by atoms with E-state index in [0.29, 0.717) is 11.3 Å². The van der Waals surface area contributed by atoms with Gasteiger partial charge in [0, 0.05) is 20.2 Å². The van der Waals surface area contributed by atoms with Gasteiger partial charge in [0.25, 0.3) is 5.91 Å². The van der Waals surface area contributed by atoms with Crippen molar-refractivity contribution in [3.63, 3.8) is 0 Å². The SMILES string of the molecule is Cc1c(Br)cc(C(=O)Nc2cccc(C(C)O)c2)cc1Br. The Hall–Kier alpha value is -1.17. The van der Waals surface area contributed by atoms with Crippen molar-refractivity contribution in [3.05, 3.63) is 62.0 Å². The minimum absolute atomic E-state index is 0.195. The van der Waals surface area contributed by atoms with Gasteiger partial charge in [-0.15, -0.1) is 0 Å². The number of halogens is 2. The largest absolute Gasteiger partial charge is 0.389 e. The Morgan fingerprint density at radius 2 is 1.81 bits per heavy atom. The maximum Gasteiger partial charge on any atom is 0.255 e. The molecule has 2 N–H and O–H groups in total. The van der Waals surface area contributed by atoms with E-state index in [1.54, 1.807) is 37.3 Å². The van der Waals surface area contributed by atoms with Gasteiger partial charge in [-0.1, -0.05) is 44.0 Å². The molecule has 0 spiro atoms. The molecule has 21 heavy (non-hydrogen) atoms. The van der Waals surface area contributed by atoms with Crippen LogP contribution in [0.15, 0.2) is 45.3 Å². The quantitative estimate of drug-likeness (QED) is 0.758. The van der Waals surface area contributed by atoms with Gasteiger partial charge in [0.1, 0.15) is 0 Å². The summed E-state index contributed by atoms with van der Waals surface area (Å²) in [5.74, 6) is -0.195. The van der Waals surface area contributed by atoms with Crippen molar-refractivity contribution >= 4 is 43.5 Å². The van der Waals surface area contributed by atoms with Crippen LogP contribution < -0.4 is 5.32 Å². The Kier molecular flexibility index (Phi) is 5.19. The van der Waals surface area contributed by atoms with Crippen molar-refractivity contribution in [2.24, 2.45) is 0 Å². The predicted octanol–water partition coefficient (Wildman–Crippen LogP) is 4.83.